The molecular formula is C12H13N3O3. The molecule has 0 saturated heterocycles. The third-order valence-corrected chi connectivity index (χ3v) is 2.48. The van der Waals surface area contributed by atoms with Gasteiger partial charge in [-0.05, 0) is 11.1 Å². The van der Waals surface area contributed by atoms with Gasteiger partial charge in [-0.25, -0.2) is 9.48 Å². The summed E-state index contributed by atoms with van der Waals surface area (Å²) in [7, 11) is 1.30. The Bertz CT molecular complexity index is 534. The fraction of sp³-hybridized carbons (Fsp3) is 0.250. The minimum atomic E-state index is -0.503. The maximum Gasteiger partial charge on any atom is 0.360 e. The van der Waals surface area contributed by atoms with Gasteiger partial charge in [0.15, 0.2) is 5.69 Å². The molecule has 1 aromatic carbocycles. The Morgan fingerprint density at radius 1 is 1.33 bits per heavy atom. The number of hydrogen-bond acceptors (Lipinski definition) is 5. The molecule has 6 heteroatoms. The number of esters is 1. The summed E-state index contributed by atoms with van der Waals surface area (Å²) in [6.07, 6.45) is 1.53. The Morgan fingerprint density at radius 3 is 2.61 bits per heavy atom. The fourth-order valence-corrected chi connectivity index (χ4v) is 1.51. The van der Waals surface area contributed by atoms with E-state index in [9.17, 15) is 4.79 Å². The normalized spacial score (nSPS) is 10.3. The van der Waals surface area contributed by atoms with Crippen molar-refractivity contribution < 1.29 is 14.6 Å². The van der Waals surface area contributed by atoms with E-state index < -0.39 is 5.97 Å². The van der Waals surface area contributed by atoms with Gasteiger partial charge in [0.25, 0.3) is 0 Å². The number of aromatic nitrogens is 3. The van der Waals surface area contributed by atoms with Crippen LogP contribution in [0.15, 0.2) is 30.5 Å². The molecule has 2 aromatic rings. The van der Waals surface area contributed by atoms with Crippen molar-refractivity contribution >= 4 is 5.97 Å². The number of ether oxygens (including phenoxy) is 1. The van der Waals surface area contributed by atoms with E-state index in [-0.39, 0.29) is 12.3 Å². The first kappa shape index (κ1) is 12.3. The maximum absolute atomic E-state index is 11.2. The number of rotatable bonds is 4. The summed E-state index contributed by atoms with van der Waals surface area (Å²) in [6.45, 7) is 0.534. The quantitative estimate of drug-likeness (QED) is 0.801. The van der Waals surface area contributed by atoms with Crippen molar-refractivity contribution in [1.82, 2.24) is 15.0 Å². The van der Waals surface area contributed by atoms with Crippen LogP contribution in [0.25, 0.3) is 0 Å². The molecule has 0 aliphatic heterocycles. The number of methoxy groups -OCH3 is 1. The average Bonchev–Trinajstić information content (AvgIpc) is 2.87. The van der Waals surface area contributed by atoms with E-state index in [0.717, 1.165) is 11.1 Å². The van der Waals surface area contributed by atoms with Crippen molar-refractivity contribution in [3.63, 3.8) is 0 Å². The summed E-state index contributed by atoms with van der Waals surface area (Å²) in [6, 6.07) is 7.47. The minimum absolute atomic E-state index is 0.0239. The van der Waals surface area contributed by atoms with Crippen LogP contribution in [0, 0.1) is 0 Å². The van der Waals surface area contributed by atoms with Gasteiger partial charge < -0.3 is 9.84 Å². The molecule has 1 N–H and O–H groups in total. The van der Waals surface area contributed by atoms with Crippen LogP contribution in [-0.2, 0) is 17.9 Å². The predicted octanol–water partition coefficient (Wildman–Crippen LogP) is 0.605. The van der Waals surface area contributed by atoms with Crippen molar-refractivity contribution in [3.8, 4) is 0 Å². The molecule has 18 heavy (non-hydrogen) atoms. The van der Waals surface area contributed by atoms with Crippen LogP contribution in [0.1, 0.15) is 21.6 Å². The molecule has 1 aromatic heterocycles. The molecule has 0 spiro atoms. The largest absolute Gasteiger partial charge is 0.464 e. The number of benzene rings is 1. The summed E-state index contributed by atoms with van der Waals surface area (Å²) < 4.78 is 6.10. The summed E-state index contributed by atoms with van der Waals surface area (Å²) >= 11 is 0. The van der Waals surface area contributed by atoms with E-state index in [1.54, 1.807) is 4.68 Å². The molecule has 0 atom stereocenters. The van der Waals surface area contributed by atoms with Crippen LogP contribution in [0.3, 0.4) is 0 Å². The van der Waals surface area contributed by atoms with Gasteiger partial charge >= 0.3 is 5.97 Å². The molecule has 0 radical (unpaired) electrons. The van der Waals surface area contributed by atoms with Crippen LogP contribution in [0.2, 0.25) is 0 Å². The highest BCUT2D eigenvalue weighted by molar-refractivity contribution is 5.86. The van der Waals surface area contributed by atoms with Gasteiger partial charge in [-0.15, -0.1) is 5.10 Å². The van der Waals surface area contributed by atoms with Gasteiger partial charge in [-0.3, -0.25) is 0 Å². The van der Waals surface area contributed by atoms with Crippen LogP contribution in [-0.4, -0.2) is 33.2 Å². The molecule has 0 aliphatic carbocycles. The van der Waals surface area contributed by atoms with Gasteiger partial charge in [0.1, 0.15) is 0 Å². The third-order valence-electron chi connectivity index (χ3n) is 2.48. The lowest BCUT2D eigenvalue weighted by Gasteiger charge is -2.01. The molecular weight excluding hydrogens is 234 g/mol. The molecule has 2 rings (SSSR count). The summed E-state index contributed by atoms with van der Waals surface area (Å²) in [5.74, 6) is -0.503. The second-order valence-electron chi connectivity index (χ2n) is 3.77. The summed E-state index contributed by atoms with van der Waals surface area (Å²) in [5, 5.41) is 16.5. The van der Waals surface area contributed by atoms with Crippen LogP contribution < -0.4 is 0 Å². The van der Waals surface area contributed by atoms with Crippen LogP contribution in [0.4, 0.5) is 0 Å². The predicted molar refractivity (Wildman–Crippen MR) is 62.8 cm³/mol. The Morgan fingerprint density at radius 2 is 2.00 bits per heavy atom. The number of hydrogen-bond donors (Lipinski definition) is 1. The van der Waals surface area contributed by atoms with Gasteiger partial charge in [0.2, 0.25) is 0 Å². The van der Waals surface area contributed by atoms with Crippen molar-refractivity contribution in [2.24, 2.45) is 0 Å². The molecule has 0 bridgehead atoms. The highest BCUT2D eigenvalue weighted by atomic mass is 16.5. The fourth-order valence-electron chi connectivity index (χ4n) is 1.51. The Balaban J connectivity index is 2.08. The highest BCUT2D eigenvalue weighted by Crippen LogP contribution is 2.06. The SMILES string of the molecule is COC(=O)c1cn(Cc2ccc(CO)cc2)nn1. The Labute approximate surface area is 104 Å². The van der Waals surface area contributed by atoms with Crippen LogP contribution >= 0.6 is 0 Å². The third kappa shape index (κ3) is 2.72. The highest BCUT2D eigenvalue weighted by Gasteiger charge is 2.10. The molecule has 1 heterocycles. The number of carbonyl (C=O) groups excluding carboxylic acids is 1. The minimum Gasteiger partial charge on any atom is -0.464 e. The molecule has 0 amide bonds. The number of aliphatic hydroxyl groups excluding tert-OH is 1. The number of carbonyl (C=O) groups is 1. The van der Waals surface area contributed by atoms with E-state index in [1.165, 1.54) is 13.3 Å². The lowest BCUT2D eigenvalue weighted by Crippen LogP contribution is -2.02. The number of nitrogens with zero attached hydrogens (tertiary/aromatic N) is 3. The van der Waals surface area contributed by atoms with E-state index in [2.05, 4.69) is 15.0 Å². The van der Waals surface area contributed by atoms with Crippen molar-refractivity contribution in [2.45, 2.75) is 13.2 Å². The zero-order valence-electron chi connectivity index (χ0n) is 9.91. The van der Waals surface area contributed by atoms with Crippen molar-refractivity contribution in [1.29, 1.82) is 0 Å². The zero-order valence-corrected chi connectivity index (χ0v) is 9.91. The lowest BCUT2D eigenvalue weighted by molar-refractivity contribution is 0.0594. The van der Waals surface area contributed by atoms with E-state index >= 15 is 0 Å². The van der Waals surface area contributed by atoms with Gasteiger partial charge in [0, 0.05) is 0 Å². The summed E-state index contributed by atoms with van der Waals surface area (Å²) in [5.41, 5.74) is 2.05. The van der Waals surface area contributed by atoms with E-state index in [4.69, 9.17) is 5.11 Å². The van der Waals surface area contributed by atoms with Crippen LogP contribution in [0.5, 0.6) is 0 Å². The van der Waals surface area contributed by atoms with Gasteiger partial charge in [-0.1, -0.05) is 29.5 Å². The molecule has 0 saturated carbocycles. The van der Waals surface area contributed by atoms with Crippen molar-refractivity contribution in [2.75, 3.05) is 7.11 Å². The van der Waals surface area contributed by atoms with Crippen molar-refractivity contribution in [3.05, 3.63) is 47.3 Å². The molecule has 0 aliphatic rings. The standard InChI is InChI=1S/C12H13N3O3/c1-18-12(17)11-7-15(14-13-11)6-9-2-4-10(8-16)5-3-9/h2-5,7,16H,6,8H2,1H3. The first-order chi connectivity index (χ1) is 8.72. The smallest absolute Gasteiger partial charge is 0.360 e. The monoisotopic (exact) mass is 247 g/mol. The Kier molecular flexibility index (Phi) is 3.69. The summed E-state index contributed by atoms with van der Waals surface area (Å²) in [4.78, 5) is 11.2. The van der Waals surface area contributed by atoms with E-state index in [0.29, 0.717) is 6.54 Å². The molecule has 94 valence electrons. The van der Waals surface area contributed by atoms with Gasteiger partial charge in [0.05, 0.1) is 26.5 Å². The average molecular weight is 247 g/mol. The number of aliphatic hydroxyl groups is 1. The topological polar surface area (TPSA) is 77.2 Å². The van der Waals surface area contributed by atoms with E-state index in [1.807, 2.05) is 24.3 Å². The first-order valence-electron chi connectivity index (χ1n) is 5.40. The first-order valence-corrected chi connectivity index (χ1v) is 5.40. The van der Waals surface area contributed by atoms with Gasteiger partial charge in [-0.2, -0.15) is 0 Å². The maximum atomic E-state index is 11.2. The molecule has 6 nitrogen and oxygen atoms in total. The second kappa shape index (κ2) is 5.42. The Hall–Kier alpha value is -2.21. The lowest BCUT2D eigenvalue weighted by atomic mass is 10.1. The second-order valence-corrected chi connectivity index (χ2v) is 3.77. The molecule has 0 unspecified atom stereocenters. The molecule has 0 fully saturated rings. The zero-order chi connectivity index (χ0) is 13.0.